The monoisotopic (exact) mass is 447 g/mol. The highest BCUT2D eigenvalue weighted by Gasteiger charge is 2.11. The Balaban J connectivity index is 1.89. The molecule has 0 amide bonds. The van der Waals surface area contributed by atoms with E-state index in [1.807, 2.05) is 61.5 Å². The van der Waals surface area contributed by atoms with Crippen LogP contribution in [-0.4, -0.2) is 7.11 Å². The number of hydrogen-bond acceptors (Lipinski definition) is 3. The van der Waals surface area contributed by atoms with Gasteiger partial charge in [-0.2, -0.15) is 5.26 Å². The van der Waals surface area contributed by atoms with Crippen LogP contribution in [0.5, 0.6) is 11.5 Å². The van der Waals surface area contributed by atoms with E-state index in [2.05, 4.69) is 41.1 Å². The SMILES string of the molecule is COc1cc(/C=C(/C#N)c2ccc(C)cc2)c(Br)cc1OCc1cccc(C)c1. The summed E-state index contributed by atoms with van der Waals surface area (Å²) in [4.78, 5) is 0. The Morgan fingerprint density at radius 1 is 1.00 bits per heavy atom. The molecule has 3 nitrogen and oxygen atoms in total. The van der Waals surface area contributed by atoms with E-state index < -0.39 is 0 Å². The number of ether oxygens (including phenoxy) is 2. The van der Waals surface area contributed by atoms with Crippen molar-refractivity contribution in [1.29, 1.82) is 5.26 Å². The Kier molecular flexibility index (Phi) is 6.74. The van der Waals surface area contributed by atoms with Gasteiger partial charge in [-0.1, -0.05) is 75.6 Å². The maximum absolute atomic E-state index is 9.63. The largest absolute Gasteiger partial charge is 0.493 e. The molecular formula is C25H22BrNO2. The van der Waals surface area contributed by atoms with Gasteiger partial charge in [0.2, 0.25) is 0 Å². The summed E-state index contributed by atoms with van der Waals surface area (Å²) in [6.45, 7) is 4.53. The molecule has 0 bridgehead atoms. The number of rotatable bonds is 6. The van der Waals surface area contributed by atoms with Crippen molar-refractivity contribution in [3.05, 3.63) is 93.0 Å². The van der Waals surface area contributed by atoms with Gasteiger partial charge in [0.05, 0.1) is 18.8 Å². The highest BCUT2D eigenvalue weighted by Crippen LogP contribution is 2.36. The van der Waals surface area contributed by atoms with Crippen molar-refractivity contribution in [2.75, 3.05) is 7.11 Å². The standard InChI is InChI=1S/C25H22BrNO2/c1-17-7-9-20(10-8-17)22(15-27)12-21-13-24(28-3)25(14-23(21)26)29-16-19-6-4-5-18(2)11-19/h4-14H,16H2,1-3H3/b22-12-. The van der Waals surface area contributed by atoms with Crippen molar-refractivity contribution in [3.63, 3.8) is 0 Å². The third-order valence-electron chi connectivity index (χ3n) is 4.54. The van der Waals surface area contributed by atoms with Crippen LogP contribution in [0.1, 0.15) is 27.8 Å². The van der Waals surface area contributed by atoms with Crippen molar-refractivity contribution >= 4 is 27.6 Å². The topological polar surface area (TPSA) is 42.2 Å². The van der Waals surface area contributed by atoms with Gasteiger partial charge in [0, 0.05) is 4.47 Å². The molecule has 29 heavy (non-hydrogen) atoms. The number of methoxy groups -OCH3 is 1. The van der Waals surface area contributed by atoms with Crippen LogP contribution in [0.3, 0.4) is 0 Å². The maximum atomic E-state index is 9.63. The molecule has 4 heteroatoms. The molecule has 3 rings (SSSR count). The first kappa shape index (κ1) is 20.7. The van der Waals surface area contributed by atoms with Crippen molar-refractivity contribution < 1.29 is 9.47 Å². The molecule has 0 N–H and O–H groups in total. The van der Waals surface area contributed by atoms with Crippen LogP contribution < -0.4 is 9.47 Å². The molecule has 0 atom stereocenters. The van der Waals surface area contributed by atoms with E-state index >= 15 is 0 Å². The summed E-state index contributed by atoms with van der Waals surface area (Å²) in [5, 5.41) is 9.63. The van der Waals surface area contributed by atoms with Gasteiger partial charge < -0.3 is 9.47 Å². The van der Waals surface area contributed by atoms with Crippen LogP contribution in [0.2, 0.25) is 0 Å². The van der Waals surface area contributed by atoms with Crippen LogP contribution in [-0.2, 0) is 6.61 Å². The number of nitrogens with zero attached hydrogens (tertiary/aromatic N) is 1. The third kappa shape index (κ3) is 5.28. The van der Waals surface area contributed by atoms with Gasteiger partial charge in [-0.3, -0.25) is 0 Å². The van der Waals surface area contributed by atoms with Gasteiger partial charge in [0.1, 0.15) is 6.61 Å². The minimum atomic E-state index is 0.451. The Bertz CT molecular complexity index is 1080. The number of benzene rings is 3. The second-order valence-electron chi connectivity index (χ2n) is 6.84. The van der Waals surface area contributed by atoms with E-state index in [-0.39, 0.29) is 0 Å². The summed E-state index contributed by atoms with van der Waals surface area (Å²) >= 11 is 3.60. The maximum Gasteiger partial charge on any atom is 0.162 e. The Morgan fingerprint density at radius 3 is 2.41 bits per heavy atom. The average molecular weight is 448 g/mol. The number of aryl methyl sites for hydroxylation is 2. The zero-order chi connectivity index (χ0) is 20.8. The van der Waals surface area contributed by atoms with Gasteiger partial charge >= 0.3 is 0 Å². The summed E-state index contributed by atoms with van der Waals surface area (Å²) in [6, 6.07) is 22.2. The second kappa shape index (κ2) is 9.45. The van der Waals surface area contributed by atoms with Crippen molar-refractivity contribution in [2.45, 2.75) is 20.5 Å². The highest BCUT2D eigenvalue weighted by atomic mass is 79.9. The Morgan fingerprint density at radius 2 is 1.76 bits per heavy atom. The van der Waals surface area contributed by atoms with E-state index in [1.54, 1.807) is 7.11 Å². The number of allylic oxidation sites excluding steroid dienone is 1. The smallest absolute Gasteiger partial charge is 0.162 e. The zero-order valence-electron chi connectivity index (χ0n) is 16.7. The van der Waals surface area contributed by atoms with Crippen molar-refractivity contribution in [2.24, 2.45) is 0 Å². The first-order chi connectivity index (χ1) is 14.0. The first-order valence-corrected chi connectivity index (χ1v) is 10.0. The minimum Gasteiger partial charge on any atom is -0.493 e. The predicted octanol–water partition coefficient (Wildman–Crippen LogP) is 6.72. The van der Waals surface area contributed by atoms with Crippen LogP contribution in [0.4, 0.5) is 0 Å². The molecule has 0 radical (unpaired) electrons. The summed E-state index contributed by atoms with van der Waals surface area (Å²) in [6.07, 6.45) is 1.85. The quantitative estimate of drug-likeness (QED) is 0.311. The summed E-state index contributed by atoms with van der Waals surface area (Å²) in [7, 11) is 1.61. The lowest BCUT2D eigenvalue weighted by atomic mass is 10.0. The van der Waals surface area contributed by atoms with E-state index in [0.29, 0.717) is 23.7 Å². The molecule has 146 valence electrons. The fourth-order valence-electron chi connectivity index (χ4n) is 2.97. The van der Waals surface area contributed by atoms with Crippen LogP contribution >= 0.6 is 15.9 Å². The lowest BCUT2D eigenvalue weighted by Gasteiger charge is -2.13. The van der Waals surface area contributed by atoms with Gasteiger partial charge in [-0.05, 0) is 48.7 Å². The summed E-state index contributed by atoms with van der Waals surface area (Å²) < 4.78 is 12.4. The van der Waals surface area contributed by atoms with E-state index in [9.17, 15) is 5.26 Å². The number of halogens is 1. The van der Waals surface area contributed by atoms with Crippen LogP contribution in [0.25, 0.3) is 11.6 Å². The number of hydrogen-bond donors (Lipinski definition) is 0. The highest BCUT2D eigenvalue weighted by molar-refractivity contribution is 9.10. The van der Waals surface area contributed by atoms with Gasteiger partial charge in [-0.25, -0.2) is 0 Å². The van der Waals surface area contributed by atoms with E-state index in [1.165, 1.54) is 5.56 Å². The fourth-order valence-corrected chi connectivity index (χ4v) is 3.40. The van der Waals surface area contributed by atoms with Gasteiger partial charge in [-0.15, -0.1) is 0 Å². The van der Waals surface area contributed by atoms with Gasteiger partial charge in [0.25, 0.3) is 0 Å². The van der Waals surface area contributed by atoms with Crippen LogP contribution in [0, 0.1) is 25.2 Å². The average Bonchev–Trinajstić information content (AvgIpc) is 2.72. The summed E-state index contributed by atoms with van der Waals surface area (Å²) in [5.74, 6) is 1.26. The van der Waals surface area contributed by atoms with E-state index in [4.69, 9.17) is 9.47 Å². The molecule has 0 heterocycles. The lowest BCUT2D eigenvalue weighted by molar-refractivity contribution is 0.284. The molecule has 0 aliphatic rings. The lowest BCUT2D eigenvalue weighted by Crippen LogP contribution is -1.99. The molecule has 3 aromatic rings. The molecule has 0 saturated heterocycles. The third-order valence-corrected chi connectivity index (χ3v) is 5.23. The zero-order valence-corrected chi connectivity index (χ0v) is 18.3. The molecule has 0 fully saturated rings. The molecule has 0 unspecified atom stereocenters. The molecule has 0 aliphatic carbocycles. The molecule has 0 spiro atoms. The number of nitriles is 1. The molecule has 0 aromatic heterocycles. The molecule has 0 saturated carbocycles. The minimum absolute atomic E-state index is 0.451. The van der Waals surface area contributed by atoms with Crippen molar-refractivity contribution in [1.82, 2.24) is 0 Å². The second-order valence-corrected chi connectivity index (χ2v) is 7.69. The van der Waals surface area contributed by atoms with Crippen molar-refractivity contribution in [3.8, 4) is 17.6 Å². The summed E-state index contributed by atoms with van der Waals surface area (Å²) in [5.41, 5.74) is 5.76. The normalized spacial score (nSPS) is 11.1. The first-order valence-electron chi connectivity index (χ1n) is 9.25. The van der Waals surface area contributed by atoms with E-state index in [0.717, 1.165) is 26.7 Å². The Hall–Kier alpha value is -3.03. The van der Waals surface area contributed by atoms with Gasteiger partial charge in [0.15, 0.2) is 11.5 Å². The fraction of sp³-hybridized carbons (Fsp3) is 0.160. The van der Waals surface area contributed by atoms with Crippen LogP contribution in [0.15, 0.2) is 65.1 Å². The molecular weight excluding hydrogens is 426 g/mol. The predicted molar refractivity (Wildman–Crippen MR) is 121 cm³/mol. The molecule has 0 aliphatic heterocycles. The Labute approximate surface area is 180 Å². The molecule has 3 aromatic carbocycles.